The number of aromatic amines is 1. The third kappa shape index (κ3) is 4.56. The topological polar surface area (TPSA) is 87.8 Å². The number of carbonyl (C=O) groups is 2. The van der Waals surface area contributed by atoms with Gasteiger partial charge in [0.05, 0.1) is 6.54 Å². The summed E-state index contributed by atoms with van der Waals surface area (Å²) in [6.45, 7) is 1.89. The number of nitrogens with one attached hydrogen (secondary N) is 1. The van der Waals surface area contributed by atoms with Crippen LogP contribution < -0.4 is 4.74 Å². The van der Waals surface area contributed by atoms with Crippen molar-refractivity contribution in [2.75, 3.05) is 32.8 Å². The number of nitrogens with zero attached hydrogens (tertiary/aromatic N) is 3. The lowest BCUT2D eigenvalue weighted by Gasteiger charge is -2.41. The van der Waals surface area contributed by atoms with E-state index in [0.717, 1.165) is 0 Å². The average molecular weight is 402 g/mol. The Bertz CT molecular complexity index is 835. The number of halogens is 1. The maximum absolute atomic E-state index is 13.0. The van der Waals surface area contributed by atoms with Crippen LogP contribution in [0.3, 0.4) is 0 Å². The minimum absolute atomic E-state index is 0.0168. The van der Waals surface area contributed by atoms with Gasteiger partial charge in [-0.1, -0.05) is 0 Å². The van der Waals surface area contributed by atoms with Crippen LogP contribution >= 0.6 is 0 Å². The van der Waals surface area contributed by atoms with E-state index in [0.29, 0.717) is 44.0 Å². The van der Waals surface area contributed by atoms with Crippen LogP contribution in [0.15, 0.2) is 36.7 Å². The second kappa shape index (κ2) is 8.60. The number of morpholine rings is 1. The van der Waals surface area contributed by atoms with Gasteiger partial charge in [0, 0.05) is 31.5 Å². The number of carbonyl (C=O) groups excluding carboxylic acids is 2. The van der Waals surface area contributed by atoms with Crippen molar-refractivity contribution < 1.29 is 23.5 Å². The number of aromatic nitrogens is 2. The monoisotopic (exact) mass is 402 g/mol. The summed E-state index contributed by atoms with van der Waals surface area (Å²) in [5, 5.41) is 0. The molecule has 0 aliphatic carbocycles. The molecule has 9 heteroatoms. The SMILES string of the molecule is O=C(c1ncc[nH]1)N1CCC(N2CC(COc3ccc(F)cc3)OCC2=O)CC1. The van der Waals surface area contributed by atoms with Gasteiger partial charge < -0.3 is 24.3 Å². The number of hydrogen-bond donors (Lipinski definition) is 1. The molecule has 2 fully saturated rings. The summed E-state index contributed by atoms with van der Waals surface area (Å²) >= 11 is 0. The number of rotatable bonds is 5. The van der Waals surface area contributed by atoms with E-state index in [1.54, 1.807) is 29.4 Å². The van der Waals surface area contributed by atoms with Gasteiger partial charge in [-0.3, -0.25) is 9.59 Å². The highest BCUT2D eigenvalue weighted by atomic mass is 19.1. The van der Waals surface area contributed by atoms with E-state index in [1.807, 2.05) is 4.90 Å². The molecule has 0 spiro atoms. The van der Waals surface area contributed by atoms with Crippen LogP contribution in [0.25, 0.3) is 0 Å². The molecule has 2 amide bonds. The highest BCUT2D eigenvalue weighted by molar-refractivity contribution is 5.90. The van der Waals surface area contributed by atoms with Crippen LogP contribution in [0.1, 0.15) is 23.5 Å². The van der Waals surface area contributed by atoms with E-state index in [1.165, 1.54) is 12.1 Å². The number of hydrogen-bond acceptors (Lipinski definition) is 5. The van der Waals surface area contributed by atoms with Gasteiger partial charge in [0.2, 0.25) is 5.91 Å². The molecule has 3 heterocycles. The lowest BCUT2D eigenvalue weighted by molar-refractivity contribution is -0.155. The molecule has 2 aromatic rings. The molecule has 1 N–H and O–H groups in total. The van der Waals surface area contributed by atoms with Crippen molar-refractivity contribution in [3.8, 4) is 5.75 Å². The second-order valence-corrected chi connectivity index (χ2v) is 7.21. The molecular formula is C20H23FN4O4. The first-order chi connectivity index (χ1) is 14.1. The predicted molar refractivity (Wildman–Crippen MR) is 101 cm³/mol. The zero-order chi connectivity index (χ0) is 20.2. The molecule has 2 aliphatic rings. The maximum Gasteiger partial charge on any atom is 0.289 e. The van der Waals surface area contributed by atoms with Crippen LogP contribution in [0.5, 0.6) is 5.75 Å². The summed E-state index contributed by atoms with van der Waals surface area (Å²) < 4.78 is 24.3. The molecule has 29 heavy (non-hydrogen) atoms. The Morgan fingerprint density at radius 2 is 2.03 bits per heavy atom. The van der Waals surface area contributed by atoms with Crippen LogP contribution in [-0.2, 0) is 9.53 Å². The normalized spacial score (nSPS) is 20.7. The molecular weight excluding hydrogens is 379 g/mol. The van der Waals surface area contributed by atoms with Gasteiger partial charge in [-0.15, -0.1) is 0 Å². The molecule has 0 saturated carbocycles. The smallest absolute Gasteiger partial charge is 0.289 e. The molecule has 1 aromatic carbocycles. The molecule has 1 atom stereocenters. The Labute approximate surface area is 167 Å². The number of H-pyrrole nitrogens is 1. The van der Waals surface area contributed by atoms with Crippen LogP contribution in [0.4, 0.5) is 4.39 Å². The third-order valence-corrected chi connectivity index (χ3v) is 5.31. The van der Waals surface area contributed by atoms with Crippen molar-refractivity contribution in [1.82, 2.24) is 19.8 Å². The summed E-state index contributed by atoms with van der Waals surface area (Å²) in [4.78, 5) is 35.2. The minimum Gasteiger partial charge on any atom is -0.491 e. The quantitative estimate of drug-likeness (QED) is 0.818. The summed E-state index contributed by atoms with van der Waals surface area (Å²) in [6.07, 6.45) is 4.36. The number of likely N-dealkylation sites (tertiary alicyclic amines) is 1. The first-order valence-electron chi connectivity index (χ1n) is 9.68. The lowest BCUT2D eigenvalue weighted by atomic mass is 10.0. The van der Waals surface area contributed by atoms with Gasteiger partial charge in [-0.2, -0.15) is 0 Å². The average Bonchev–Trinajstić information content (AvgIpc) is 3.29. The minimum atomic E-state index is -0.320. The Balaban J connectivity index is 1.29. The number of amides is 2. The van der Waals surface area contributed by atoms with Crippen molar-refractivity contribution in [2.24, 2.45) is 0 Å². The summed E-state index contributed by atoms with van der Waals surface area (Å²) in [5.74, 6) is 0.415. The van der Waals surface area contributed by atoms with Crippen molar-refractivity contribution in [3.05, 3.63) is 48.3 Å². The fraction of sp³-hybridized carbons (Fsp3) is 0.450. The molecule has 2 aliphatic heterocycles. The van der Waals surface area contributed by atoms with E-state index in [2.05, 4.69) is 9.97 Å². The van der Waals surface area contributed by atoms with Gasteiger partial charge in [0.15, 0.2) is 5.82 Å². The number of imidazole rings is 1. The molecule has 0 bridgehead atoms. The lowest BCUT2D eigenvalue weighted by Crippen LogP contribution is -2.55. The summed E-state index contributed by atoms with van der Waals surface area (Å²) in [6, 6.07) is 5.87. The summed E-state index contributed by atoms with van der Waals surface area (Å²) in [7, 11) is 0. The van der Waals surface area contributed by atoms with Gasteiger partial charge in [-0.05, 0) is 37.1 Å². The van der Waals surface area contributed by atoms with Crippen LogP contribution in [0.2, 0.25) is 0 Å². The van der Waals surface area contributed by atoms with E-state index in [9.17, 15) is 14.0 Å². The molecule has 8 nitrogen and oxygen atoms in total. The largest absolute Gasteiger partial charge is 0.491 e. The van der Waals surface area contributed by atoms with Gasteiger partial charge in [0.1, 0.15) is 30.9 Å². The van der Waals surface area contributed by atoms with E-state index in [4.69, 9.17) is 9.47 Å². The molecule has 0 radical (unpaired) electrons. The van der Waals surface area contributed by atoms with E-state index >= 15 is 0 Å². The number of ether oxygens (including phenoxy) is 2. The highest BCUT2D eigenvalue weighted by Crippen LogP contribution is 2.21. The second-order valence-electron chi connectivity index (χ2n) is 7.21. The van der Waals surface area contributed by atoms with Gasteiger partial charge in [0.25, 0.3) is 5.91 Å². The first kappa shape index (κ1) is 19.4. The number of benzene rings is 1. The maximum atomic E-state index is 13.0. The Morgan fingerprint density at radius 1 is 1.28 bits per heavy atom. The van der Waals surface area contributed by atoms with Crippen LogP contribution in [0, 0.1) is 5.82 Å². The van der Waals surface area contributed by atoms with Gasteiger partial charge >= 0.3 is 0 Å². The van der Waals surface area contributed by atoms with Crippen molar-refractivity contribution >= 4 is 11.8 Å². The van der Waals surface area contributed by atoms with Crippen molar-refractivity contribution in [1.29, 1.82) is 0 Å². The molecule has 2 saturated heterocycles. The van der Waals surface area contributed by atoms with Gasteiger partial charge in [-0.25, -0.2) is 9.37 Å². The van der Waals surface area contributed by atoms with E-state index < -0.39 is 0 Å². The molecule has 1 aromatic heterocycles. The highest BCUT2D eigenvalue weighted by Gasteiger charge is 2.35. The zero-order valence-corrected chi connectivity index (χ0v) is 15.9. The van der Waals surface area contributed by atoms with Crippen LogP contribution in [-0.4, -0.2) is 76.6 Å². The van der Waals surface area contributed by atoms with Crippen molar-refractivity contribution in [2.45, 2.75) is 25.0 Å². The zero-order valence-electron chi connectivity index (χ0n) is 15.9. The van der Waals surface area contributed by atoms with Crippen molar-refractivity contribution in [3.63, 3.8) is 0 Å². The Morgan fingerprint density at radius 3 is 2.72 bits per heavy atom. The number of piperidine rings is 1. The molecule has 1 unspecified atom stereocenters. The predicted octanol–water partition coefficient (Wildman–Crippen LogP) is 1.46. The Hall–Kier alpha value is -2.94. The van der Waals surface area contributed by atoms with E-state index in [-0.39, 0.29) is 43.0 Å². The third-order valence-electron chi connectivity index (χ3n) is 5.31. The first-order valence-corrected chi connectivity index (χ1v) is 9.68. The fourth-order valence-electron chi connectivity index (χ4n) is 3.73. The standard InChI is InChI=1S/C20H23FN4O4/c21-14-1-3-16(4-2-14)28-12-17-11-25(18(26)13-29-17)15-5-9-24(10-6-15)20(27)19-22-7-8-23-19/h1-4,7-8,15,17H,5-6,9-13H2,(H,22,23). The Kier molecular flexibility index (Phi) is 5.75. The molecule has 4 rings (SSSR count). The fourth-order valence-corrected chi connectivity index (χ4v) is 3.73. The summed E-state index contributed by atoms with van der Waals surface area (Å²) in [5.41, 5.74) is 0. The molecule has 154 valence electrons.